The summed E-state index contributed by atoms with van der Waals surface area (Å²) in [5, 5.41) is 0. The molecule has 1 fully saturated rings. The zero-order valence-corrected chi connectivity index (χ0v) is 16.7. The third-order valence-corrected chi connectivity index (χ3v) is 5.08. The van der Waals surface area contributed by atoms with Gasteiger partial charge in [-0.25, -0.2) is 0 Å². The van der Waals surface area contributed by atoms with Crippen molar-refractivity contribution in [3.8, 4) is 0 Å². The molecule has 1 aliphatic rings. The van der Waals surface area contributed by atoms with Crippen LogP contribution in [0.2, 0.25) is 0 Å². The summed E-state index contributed by atoms with van der Waals surface area (Å²) in [6, 6.07) is 10.8. The van der Waals surface area contributed by atoms with Gasteiger partial charge in [0.25, 0.3) is 0 Å². The van der Waals surface area contributed by atoms with Gasteiger partial charge in [0.05, 0.1) is 6.42 Å². The Morgan fingerprint density at radius 1 is 1.04 bits per heavy atom. The number of hydrogen-bond donors (Lipinski definition) is 0. The van der Waals surface area contributed by atoms with Crippen molar-refractivity contribution in [1.82, 2.24) is 9.80 Å². The Labute approximate surface area is 163 Å². The second-order valence-electron chi connectivity index (χ2n) is 7.67. The van der Waals surface area contributed by atoms with E-state index in [-0.39, 0.29) is 20.8 Å². The minimum atomic E-state index is 0. The quantitative estimate of drug-likeness (QED) is 0.705. The predicted molar refractivity (Wildman–Crippen MR) is 117 cm³/mol. The van der Waals surface area contributed by atoms with E-state index in [1.54, 1.807) is 0 Å². The molecule has 1 amide bonds. The Balaban J connectivity index is 0. The van der Waals surface area contributed by atoms with Crippen molar-refractivity contribution in [2.75, 3.05) is 21.1 Å². The monoisotopic (exact) mass is 364 g/mol. The van der Waals surface area contributed by atoms with Gasteiger partial charge in [-0.1, -0.05) is 72.9 Å². The topological polar surface area (TPSA) is 23.6 Å². The van der Waals surface area contributed by atoms with Gasteiger partial charge < -0.3 is 9.80 Å². The van der Waals surface area contributed by atoms with Crippen LogP contribution in [-0.2, 0) is 11.2 Å². The maximum Gasteiger partial charge on any atom is 0.227 e. The molecule has 152 valence electrons. The fourth-order valence-electron chi connectivity index (χ4n) is 3.59. The van der Waals surface area contributed by atoms with E-state index in [0.717, 1.165) is 18.4 Å². The van der Waals surface area contributed by atoms with Gasteiger partial charge in [0, 0.05) is 19.1 Å². The van der Waals surface area contributed by atoms with Crippen molar-refractivity contribution in [1.29, 1.82) is 0 Å². The second kappa shape index (κ2) is 12.1. The minimum Gasteiger partial charge on any atom is -0.341 e. The van der Waals surface area contributed by atoms with Crippen LogP contribution >= 0.6 is 0 Å². The number of carbonyl (C=O) groups is 1. The molecule has 0 bridgehead atoms. The summed E-state index contributed by atoms with van der Waals surface area (Å²) in [4.78, 5) is 16.9. The van der Waals surface area contributed by atoms with Crippen LogP contribution in [0.4, 0.5) is 0 Å². The average molecular weight is 365 g/mol. The average Bonchev–Trinajstić information content (AvgIpc) is 2.56. The van der Waals surface area contributed by atoms with Crippen LogP contribution in [-0.4, -0.2) is 48.9 Å². The highest BCUT2D eigenvalue weighted by molar-refractivity contribution is 5.78. The van der Waals surface area contributed by atoms with E-state index >= 15 is 0 Å². The van der Waals surface area contributed by atoms with Crippen molar-refractivity contribution < 1.29 is 4.79 Å². The van der Waals surface area contributed by atoms with Gasteiger partial charge in [0.15, 0.2) is 0 Å². The second-order valence-corrected chi connectivity index (χ2v) is 7.67. The molecule has 1 saturated carbocycles. The molecule has 2 unspecified atom stereocenters. The maximum atomic E-state index is 12.6. The van der Waals surface area contributed by atoms with E-state index in [0.29, 0.717) is 23.9 Å². The summed E-state index contributed by atoms with van der Waals surface area (Å²) < 4.78 is 0. The number of benzene rings is 1. The van der Waals surface area contributed by atoms with Gasteiger partial charge in [0.1, 0.15) is 0 Å². The summed E-state index contributed by atoms with van der Waals surface area (Å²) in [5.74, 6) is 0.225. The lowest BCUT2D eigenvalue weighted by atomic mass is 9.72. The highest BCUT2D eigenvalue weighted by atomic mass is 16.2. The van der Waals surface area contributed by atoms with Crippen molar-refractivity contribution in [2.24, 2.45) is 5.41 Å². The summed E-state index contributed by atoms with van der Waals surface area (Å²) in [7, 11) is 6.24. The number of amides is 1. The molecule has 0 N–H and O–H groups in total. The Bertz CT molecular complexity index is 496. The van der Waals surface area contributed by atoms with E-state index < -0.39 is 0 Å². The van der Waals surface area contributed by atoms with Crippen LogP contribution in [0.3, 0.4) is 0 Å². The van der Waals surface area contributed by atoms with Crippen molar-refractivity contribution in [3.63, 3.8) is 0 Å². The molecular formula is C23H44N2O. The van der Waals surface area contributed by atoms with Crippen LogP contribution < -0.4 is 0 Å². The molecule has 2 rings (SSSR count). The number of nitrogens with zero attached hydrogens (tertiary/aromatic N) is 2. The van der Waals surface area contributed by atoms with Gasteiger partial charge in [-0.15, -0.1) is 0 Å². The summed E-state index contributed by atoms with van der Waals surface area (Å²) >= 11 is 0. The predicted octanol–water partition coefficient (Wildman–Crippen LogP) is 5.49. The number of carbonyl (C=O) groups excluding carboxylic acids is 1. The Hall–Kier alpha value is -1.35. The molecule has 2 atom stereocenters. The maximum absolute atomic E-state index is 12.6. The van der Waals surface area contributed by atoms with Crippen molar-refractivity contribution >= 4 is 5.91 Å². The van der Waals surface area contributed by atoms with Crippen molar-refractivity contribution in [3.05, 3.63) is 35.9 Å². The first-order chi connectivity index (χ1) is 11.3. The molecule has 26 heavy (non-hydrogen) atoms. The van der Waals surface area contributed by atoms with Crippen LogP contribution in [0.5, 0.6) is 0 Å². The summed E-state index contributed by atoms with van der Waals surface area (Å²) in [5.41, 5.74) is 1.46. The van der Waals surface area contributed by atoms with E-state index in [2.05, 4.69) is 32.8 Å². The fraction of sp³-hybridized carbons (Fsp3) is 0.696. The Morgan fingerprint density at radius 3 is 2.08 bits per heavy atom. The summed E-state index contributed by atoms with van der Waals surface area (Å²) in [6.07, 6.45) is 3.92. The van der Waals surface area contributed by atoms with Crippen LogP contribution in [0.1, 0.15) is 67.4 Å². The SMILES string of the molecule is C.C.CC.CN(C)C1CC(C)(C)CCC1N(C)C(=O)Cc1ccccc1. The molecule has 0 aromatic heterocycles. The minimum absolute atomic E-state index is 0. The molecule has 0 radical (unpaired) electrons. The lowest BCUT2D eigenvalue weighted by molar-refractivity contribution is -0.134. The lowest BCUT2D eigenvalue weighted by Gasteiger charge is -2.47. The molecule has 0 spiro atoms. The molecule has 1 aromatic carbocycles. The highest BCUT2D eigenvalue weighted by Crippen LogP contribution is 2.38. The smallest absolute Gasteiger partial charge is 0.227 e. The first kappa shape index (κ1) is 26.9. The van der Waals surface area contributed by atoms with E-state index in [1.807, 2.05) is 56.1 Å². The zero-order chi connectivity index (χ0) is 18.3. The number of likely N-dealkylation sites (N-methyl/N-ethyl adjacent to an activating group) is 2. The van der Waals surface area contributed by atoms with Gasteiger partial charge in [0.2, 0.25) is 5.91 Å². The van der Waals surface area contributed by atoms with Crippen molar-refractivity contribution in [2.45, 2.75) is 80.3 Å². The third kappa shape index (κ3) is 7.49. The van der Waals surface area contributed by atoms with Gasteiger partial charge in [-0.05, 0) is 44.3 Å². The van der Waals surface area contributed by atoms with Crippen LogP contribution in [0, 0.1) is 5.41 Å². The third-order valence-electron chi connectivity index (χ3n) is 5.08. The Morgan fingerprint density at radius 2 is 1.58 bits per heavy atom. The molecular weight excluding hydrogens is 320 g/mol. The van der Waals surface area contributed by atoms with Gasteiger partial charge in [-0.3, -0.25) is 4.79 Å². The molecule has 3 heteroatoms. The standard InChI is InChI=1S/C19H30N2O.C2H6.2CH4/c1-19(2)12-11-16(17(14-19)20(3)4)21(5)18(22)13-15-9-7-6-8-10-15;1-2;;/h6-10,16-17H,11-14H2,1-5H3;1-2H3;2*1H4. The lowest BCUT2D eigenvalue weighted by Crippen LogP contribution is -2.54. The summed E-state index contributed by atoms with van der Waals surface area (Å²) in [6.45, 7) is 8.68. The zero-order valence-electron chi connectivity index (χ0n) is 16.7. The van der Waals surface area contributed by atoms with E-state index in [4.69, 9.17) is 0 Å². The number of rotatable bonds is 4. The van der Waals surface area contributed by atoms with E-state index in [9.17, 15) is 4.79 Å². The van der Waals surface area contributed by atoms with Crippen LogP contribution in [0.15, 0.2) is 30.3 Å². The molecule has 1 aliphatic carbocycles. The molecule has 0 aliphatic heterocycles. The first-order valence-corrected chi connectivity index (χ1v) is 9.26. The van der Waals surface area contributed by atoms with Gasteiger partial charge in [-0.2, -0.15) is 0 Å². The molecule has 1 aromatic rings. The first-order valence-electron chi connectivity index (χ1n) is 9.26. The largest absolute Gasteiger partial charge is 0.341 e. The Kier molecular flexibility index (Phi) is 12.5. The normalized spacial score (nSPS) is 20.8. The highest BCUT2D eigenvalue weighted by Gasteiger charge is 2.39. The van der Waals surface area contributed by atoms with Crippen LogP contribution in [0.25, 0.3) is 0 Å². The molecule has 3 nitrogen and oxygen atoms in total. The number of hydrogen-bond acceptors (Lipinski definition) is 2. The molecule has 0 heterocycles. The van der Waals surface area contributed by atoms with E-state index in [1.165, 1.54) is 6.42 Å². The molecule has 0 saturated heterocycles. The van der Waals surface area contributed by atoms with Gasteiger partial charge >= 0.3 is 0 Å². The fourth-order valence-corrected chi connectivity index (χ4v) is 3.59.